The Bertz CT molecular complexity index is 552. The number of carboxylic acids is 1. The monoisotopic (exact) mass is 297 g/mol. The molecule has 0 atom stereocenters. The highest BCUT2D eigenvalue weighted by atomic mass is 32.2. The quantitative estimate of drug-likeness (QED) is 0.794. The lowest BCUT2D eigenvalue weighted by molar-refractivity contribution is -0.137. The molecule has 20 heavy (non-hydrogen) atoms. The van der Waals surface area contributed by atoms with Gasteiger partial charge in [0.2, 0.25) is 10.0 Å². The highest BCUT2D eigenvalue weighted by Crippen LogP contribution is 2.31. The number of carboxylic acid groups (broad SMARTS) is 1. The van der Waals surface area contributed by atoms with Gasteiger partial charge in [0.25, 0.3) is 0 Å². The third-order valence-corrected chi connectivity index (χ3v) is 5.23. The number of nitrogens with zero attached hydrogens (tertiary/aromatic N) is 1. The highest BCUT2D eigenvalue weighted by Gasteiger charge is 2.36. The largest absolute Gasteiger partial charge is 0.481 e. The summed E-state index contributed by atoms with van der Waals surface area (Å²) in [6, 6.07) is 9.57. The topological polar surface area (TPSA) is 74.7 Å². The van der Waals surface area contributed by atoms with Crippen LogP contribution in [0.25, 0.3) is 0 Å². The van der Waals surface area contributed by atoms with E-state index in [1.807, 2.05) is 30.3 Å². The summed E-state index contributed by atoms with van der Waals surface area (Å²) in [7, 11) is -3.38. The van der Waals surface area contributed by atoms with Crippen molar-refractivity contribution in [1.29, 1.82) is 0 Å². The van der Waals surface area contributed by atoms with Crippen LogP contribution in [0.15, 0.2) is 30.3 Å². The first-order chi connectivity index (χ1) is 9.49. The van der Waals surface area contributed by atoms with Gasteiger partial charge in [0.05, 0.1) is 5.75 Å². The number of hydrogen-bond donors (Lipinski definition) is 1. The van der Waals surface area contributed by atoms with E-state index in [0.717, 1.165) is 18.4 Å². The van der Waals surface area contributed by atoms with E-state index in [4.69, 9.17) is 5.11 Å². The van der Waals surface area contributed by atoms with Gasteiger partial charge in [-0.2, -0.15) is 4.31 Å². The number of benzene rings is 1. The fourth-order valence-corrected chi connectivity index (χ4v) is 3.86. The lowest BCUT2D eigenvalue weighted by Crippen LogP contribution is -2.34. The van der Waals surface area contributed by atoms with E-state index in [9.17, 15) is 13.2 Å². The normalized spacial score (nSPS) is 15.4. The van der Waals surface area contributed by atoms with Crippen molar-refractivity contribution in [3.05, 3.63) is 35.9 Å². The summed E-state index contributed by atoms with van der Waals surface area (Å²) < 4.78 is 26.2. The minimum Gasteiger partial charge on any atom is -0.481 e. The summed E-state index contributed by atoms with van der Waals surface area (Å²) in [5.74, 6) is -1.05. The Balaban J connectivity index is 2.02. The second kappa shape index (κ2) is 6.37. The molecular weight excluding hydrogens is 278 g/mol. The molecule has 1 aromatic carbocycles. The first-order valence-corrected chi connectivity index (χ1v) is 8.35. The van der Waals surface area contributed by atoms with Crippen LogP contribution in [0.4, 0.5) is 0 Å². The molecule has 0 bridgehead atoms. The molecule has 0 heterocycles. The van der Waals surface area contributed by atoms with Crippen LogP contribution >= 0.6 is 0 Å². The molecule has 0 amide bonds. The van der Waals surface area contributed by atoms with Crippen molar-refractivity contribution in [1.82, 2.24) is 4.31 Å². The van der Waals surface area contributed by atoms with Gasteiger partial charge in [0, 0.05) is 19.0 Å². The SMILES string of the molecule is O=C(O)CCCS(=O)(=O)N(Cc1ccccc1)C1CC1. The van der Waals surface area contributed by atoms with Gasteiger partial charge in [-0.1, -0.05) is 30.3 Å². The molecule has 1 aliphatic carbocycles. The van der Waals surface area contributed by atoms with E-state index < -0.39 is 16.0 Å². The first-order valence-electron chi connectivity index (χ1n) is 6.74. The van der Waals surface area contributed by atoms with Crippen LogP contribution in [-0.2, 0) is 21.4 Å². The highest BCUT2D eigenvalue weighted by molar-refractivity contribution is 7.89. The lowest BCUT2D eigenvalue weighted by Gasteiger charge is -2.21. The number of hydrogen-bond acceptors (Lipinski definition) is 3. The summed E-state index contributed by atoms with van der Waals surface area (Å²) in [5, 5.41) is 8.60. The number of sulfonamides is 1. The number of carbonyl (C=O) groups is 1. The molecule has 6 heteroatoms. The van der Waals surface area contributed by atoms with Gasteiger partial charge in [-0.25, -0.2) is 8.42 Å². The van der Waals surface area contributed by atoms with Crippen molar-refractivity contribution in [2.24, 2.45) is 0 Å². The molecule has 0 spiro atoms. The molecule has 0 aliphatic heterocycles. The summed E-state index contributed by atoms with van der Waals surface area (Å²) in [6.07, 6.45) is 1.84. The third kappa shape index (κ3) is 4.31. The molecular formula is C14H19NO4S. The summed E-state index contributed by atoms with van der Waals surface area (Å²) in [4.78, 5) is 10.5. The Morgan fingerprint density at radius 2 is 1.90 bits per heavy atom. The van der Waals surface area contributed by atoms with Crippen molar-refractivity contribution >= 4 is 16.0 Å². The zero-order valence-electron chi connectivity index (χ0n) is 11.2. The minimum absolute atomic E-state index is 0.0880. The zero-order valence-corrected chi connectivity index (χ0v) is 12.1. The second-order valence-corrected chi connectivity index (χ2v) is 7.12. The van der Waals surface area contributed by atoms with E-state index in [1.54, 1.807) is 0 Å². The molecule has 0 radical (unpaired) electrons. The summed E-state index contributed by atoms with van der Waals surface area (Å²) >= 11 is 0. The Morgan fingerprint density at radius 3 is 2.45 bits per heavy atom. The smallest absolute Gasteiger partial charge is 0.303 e. The van der Waals surface area contributed by atoms with E-state index in [-0.39, 0.29) is 24.6 Å². The zero-order chi connectivity index (χ0) is 14.6. The number of aliphatic carboxylic acids is 1. The average Bonchev–Trinajstić information content (AvgIpc) is 3.20. The van der Waals surface area contributed by atoms with Gasteiger partial charge in [-0.3, -0.25) is 4.79 Å². The van der Waals surface area contributed by atoms with Gasteiger partial charge in [-0.15, -0.1) is 0 Å². The Morgan fingerprint density at radius 1 is 1.25 bits per heavy atom. The fraction of sp³-hybridized carbons (Fsp3) is 0.500. The van der Waals surface area contributed by atoms with Crippen molar-refractivity contribution in [2.75, 3.05) is 5.75 Å². The molecule has 1 fully saturated rings. The van der Waals surface area contributed by atoms with Gasteiger partial charge in [0.15, 0.2) is 0 Å². The predicted octanol–water partition coefficient (Wildman–Crippen LogP) is 1.85. The van der Waals surface area contributed by atoms with E-state index in [2.05, 4.69) is 0 Å². The minimum atomic E-state index is -3.38. The summed E-state index contributed by atoms with van der Waals surface area (Å²) in [6.45, 7) is 0.376. The molecule has 2 rings (SSSR count). The molecule has 1 N–H and O–H groups in total. The maximum atomic E-state index is 12.3. The molecule has 0 unspecified atom stereocenters. The molecule has 1 aromatic rings. The molecule has 0 saturated heterocycles. The standard InChI is InChI=1S/C14H19NO4S/c16-14(17)7-4-10-20(18,19)15(13-8-9-13)11-12-5-2-1-3-6-12/h1-3,5-6,13H,4,7-11H2,(H,16,17). The van der Waals surface area contributed by atoms with Crippen LogP contribution < -0.4 is 0 Å². The molecule has 1 saturated carbocycles. The first kappa shape index (κ1) is 15.0. The molecule has 5 nitrogen and oxygen atoms in total. The van der Waals surface area contributed by atoms with Crippen molar-refractivity contribution < 1.29 is 18.3 Å². The van der Waals surface area contributed by atoms with Gasteiger partial charge in [-0.05, 0) is 24.8 Å². The van der Waals surface area contributed by atoms with Crippen LogP contribution in [0.5, 0.6) is 0 Å². The van der Waals surface area contributed by atoms with E-state index in [1.165, 1.54) is 4.31 Å². The average molecular weight is 297 g/mol. The number of rotatable bonds is 8. The van der Waals surface area contributed by atoms with Gasteiger partial charge < -0.3 is 5.11 Å². The van der Waals surface area contributed by atoms with Crippen LogP contribution in [0, 0.1) is 0 Å². The maximum Gasteiger partial charge on any atom is 0.303 e. The molecule has 0 aromatic heterocycles. The third-order valence-electron chi connectivity index (χ3n) is 3.29. The maximum absolute atomic E-state index is 12.3. The van der Waals surface area contributed by atoms with Gasteiger partial charge in [0.1, 0.15) is 0 Å². The Hall–Kier alpha value is -1.40. The van der Waals surface area contributed by atoms with Crippen LogP contribution in [0.2, 0.25) is 0 Å². The summed E-state index contributed by atoms with van der Waals surface area (Å²) in [5.41, 5.74) is 0.959. The van der Waals surface area contributed by atoms with Gasteiger partial charge >= 0.3 is 5.97 Å². The van der Waals surface area contributed by atoms with E-state index in [0.29, 0.717) is 6.54 Å². The Labute approximate surface area is 119 Å². The second-order valence-electron chi connectivity index (χ2n) is 5.08. The van der Waals surface area contributed by atoms with Crippen LogP contribution in [0.1, 0.15) is 31.2 Å². The predicted molar refractivity (Wildman–Crippen MR) is 75.7 cm³/mol. The van der Waals surface area contributed by atoms with Crippen molar-refractivity contribution in [3.8, 4) is 0 Å². The molecule has 110 valence electrons. The fourth-order valence-electron chi connectivity index (χ4n) is 2.10. The van der Waals surface area contributed by atoms with Crippen molar-refractivity contribution in [2.45, 2.75) is 38.3 Å². The molecule has 1 aliphatic rings. The van der Waals surface area contributed by atoms with Crippen LogP contribution in [-0.4, -0.2) is 35.6 Å². The van der Waals surface area contributed by atoms with Crippen molar-refractivity contribution in [3.63, 3.8) is 0 Å². The Kier molecular flexibility index (Phi) is 4.77. The lowest BCUT2D eigenvalue weighted by atomic mass is 10.2. The van der Waals surface area contributed by atoms with Crippen LogP contribution in [0.3, 0.4) is 0 Å². The van der Waals surface area contributed by atoms with E-state index >= 15 is 0 Å².